The number of benzene rings is 3. The lowest BCUT2D eigenvalue weighted by atomic mass is 9.85. The molecule has 0 saturated carbocycles. The first kappa shape index (κ1) is 28.0. The summed E-state index contributed by atoms with van der Waals surface area (Å²) >= 11 is 0. The Bertz CT molecular complexity index is 1360. The van der Waals surface area contributed by atoms with Crippen LogP contribution in [0.25, 0.3) is 0 Å². The van der Waals surface area contributed by atoms with Gasteiger partial charge in [-0.1, -0.05) is 60.7 Å². The van der Waals surface area contributed by atoms with Crippen molar-refractivity contribution in [3.63, 3.8) is 0 Å². The van der Waals surface area contributed by atoms with Gasteiger partial charge in [0.15, 0.2) is 0 Å². The van der Waals surface area contributed by atoms with E-state index in [9.17, 15) is 14.4 Å². The summed E-state index contributed by atoms with van der Waals surface area (Å²) in [5, 5.41) is 5.99. The predicted molar refractivity (Wildman–Crippen MR) is 159 cm³/mol. The number of para-hydroxylation sites is 3. The molecule has 3 aromatic carbocycles. The lowest BCUT2D eigenvalue weighted by molar-refractivity contribution is -0.137. The van der Waals surface area contributed by atoms with Gasteiger partial charge in [-0.3, -0.25) is 9.59 Å². The summed E-state index contributed by atoms with van der Waals surface area (Å²) in [4.78, 5) is 45.7. The van der Waals surface area contributed by atoms with Gasteiger partial charge in [0.2, 0.25) is 5.91 Å². The van der Waals surface area contributed by atoms with Gasteiger partial charge in [0.1, 0.15) is 17.8 Å². The minimum Gasteiger partial charge on any atom is -0.492 e. The first-order chi connectivity index (χ1) is 19.9. The van der Waals surface area contributed by atoms with Crippen molar-refractivity contribution in [2.24, 2.45) is 0 Å². The molecular weight excluding hydrogens is 518 g/mol. The molecule has 1 atom stereocenters. The lowest BCUT2D eigenvalue weighted by Gasteiger charge is -2.43. The molecular formula is C32H37N5O4. The molecule has 214 valence electrons. The molecule has 9 nitrogen and oxygen atoms in total. The molecule has 1 unspecified atom stereocenters. The molecule has 1 spiro atoms. The highest BCUT2D eigenvalue weighted by Crippen LogP contribution is 2.39. The maximum Gasteiger partial charge on any atom is 0.321 e. The number of carbonyl (C=O) groups is 3. The molecule has 2 saturated heterocycles. The largest absolute Gasteiger partial charge is 0.492 e. The van der Waals surface area contributed by atoms with Gasteiger partial charge in [-0.2, -0.15) is 0 Å². The second-order valence-electron chi connectivity index (χ2n) is 10.5. The van der Waals surface area contributed by atoms with Gasteiger partial charge in [-0.05, 0) is 56.5 Å². The summed E-state index contributed by atoms with van der Waals surface area (Å²) in [6.45, 7) is 5.42. The monoisotopic (exact) mass is 555 g/mol. The second kappa shape index (κ2) is 12.3. The van der Waals surface area contributed by atoms with Crippen LogP contribution in [0.2, 0.25) is 0 Å². The Morgan fingerprint density at radius 1 is 0.927 bits per heavy atom. The minimum absolute atomic E-state index is 0.0283. The summed E-state index contributed by atoms with van der Waals surface area (Å²) in [5.41, 5.74) is 1.71. The van der Waals surface area contributed by atoms with Crippen LogP contribution in [0.4, 0.5) is 16.2 Å². The van der Waals surface area contributed by atoms with Crippen LogP contribution in [-0.4, -0.2) is 66.1 Å². The summed E-state index contributed by atoms with van der Waals surface area (Å²) in [7, 11) is 0. The number of likely N-dealkylation sites (tertiary alicyclic amines) is 1. The fourth-order valence-corrected chi connectivity index (χ4v) is 5.73. The van der Waals surface area contributed by atoms with Gasteiger partial charge in [0.25, 0.3) is 5.91 Å². The topological polar surface area (TPSA) is 94.2 Å². The van der Waals surface area contributed by atoms with Crippen molar-refractivity contribution in [1.29, 1.82) is 0 Å². The number of nitrogens with one attached hydrogen (secondary N) is 2. The van der Waals surface area contributed by atoms with Crippen LogP contribution >= 0.6 is 0 Å². The van der Waals surface area contributed by atoms with Crippen molar-refractivity contribution >= 4 is 29.2 Å². The molecule has 3 aromatic rings. The van der Waals surface area contributed by atoms with Crippen LogP contribution in [0.15, 0.2) is 84.9 Å². The zero-order valence-corrected chi connectivity index (χ0v) is 23.6. The van der Waals surface area contributed by atoms with Crippen LogP contribution in [0.3, 0.4) is 0 Å². The molecule has 0 radical (unpaired) electrons. The van der Waals surface area contributed by atoms with Gasteiger partial charge >= 0.3 is 6.03 Å². The van der Waals surface area contributed by atoms with Gasteiger partial charge in [-0.15, -0.1) is 0 Å². The number of hydrogen-bond acceptors (Lipinski definition) is 5. The Morgan fingerprint density at radius 2 is 1.56 bits per heavy atom. The molecule has 5 rings (SSSR count). The Hall–Kier alpha value is -4.53. The third-order valence-corrected chi connectivity index (χ3v) is 7.90. The molecule has 0 bridgehead atoms. The highest BCUT2D eigenvalue weighted by molar-refractivity contribution is 5.97. The van der Waals surface area contributed by atoms with Gasteiger partial charge in [-0.25, -0.2) is 4.79 Å². The zero-order valence-electron chi connectivity index (χ0n) is 23.6. The van der Waals surface area contributed by atoms with Crippen molar-refractivity contribution in [2.45, 2.75) is 38.3 Å². The van der Waals surface area contributed by atoms with Crippen LogP contribution in [0.1, 0.15) is 38.3 Å². The number of amides is 4. The first-order valence-electron chi connectivity index (χ1n) is 14.2. The molecule has 0 aliphatic carbocycles. The summed E-state index contributed by atoms with van der Waals surface area (Å²) in [5.74, 6) is 0.337. The number of carbonyl (C=O) groups excluding carboxylic acids is 3. The number of rotatable bonds is 8. The molecule has 2 aliphatic heterocycles. The molecule has 2 heterocycles. The number of urea groups is 1. The van der Waals surface area contributed by atoms with Crippen molar-refractivity contribution in [2.75, 3.05) is 43.1 Å². The molecule has 2 N–H and O–H groups in total. The van der Waals surface area contributed by atoms with E-state index in [2.05, 4.69) is 15.5 Å². The number of piperidine rings is 1. The van der Waals surface area contributed by atoms with E-state index in [1.165, 1.54) is 0 Å². The predicted octanol–water partition coefficient (Wildman–Crippen LogP) is 4.64. The summed E-state index contributed by atoms with van der Waals surface area (Å²) < 4.78 is 5.65. The van der Waals surface area contributed by atoms with Crippen molar-refractivity contribution < 1.29 is 19.1 Å². The normalized spacial score (nSPS) is 16.9. The van der Waals surface area contributed by atoms with Crippen LogP contribution in [0.5, 0.6) is 5.75 Å². The Morgan fingerprint density at radius 3 is 2.24 bits per heavy atom. The Kier molecular flexibility index (Phi) is 8.42. The average molecular weight is 556 g/mol. The third-order valence-electron chi connectivity index (χ3n) is 7.90. The quantitative estimate of drug-likeness (QED) is 0.423. The molecule has 0 aromatic heterocycles. The Balaban J connectivity index is 1.28. The first-order valence-corrected chi connectivity index (χ1v) is 14.2. The number of hydrogen-bond donors (Lipinski definition) is 2. The fraction of sp³-hybridized carbons (Fsp3) is 0.344. The molecule has 4 amide bonds. The smallest absolute Gasteiger partial charge is 0.321 e. The van der Waals surface area contributed by atoms with Crippen molar-refractivity contribution in [3.8, 4) is 5.75 Å². The maximum atomic E-state index is 14.0. The zero-order chi connectivity index (χ0) is 28.8. The highest BCUT2D eigenvalue weighted by Gasteiger charge is 2.54. The van der Waals surface area contributed by atoms with E-state index >= 15 is 0 Å². The van der Waals surface area contributed by atoms with Gasteiger partial charge in [0.05, 0.1) is 25.0 Å². The SMILES string of the molecule is CCOc1ccccc1NC(=O)N1CCC2(CC1)C(=O)N(CC(=O)NC(C)c1ccccc1)CN2c1ccccc1. The molecule has 2 fully saturated rings. The number of nitrogens with zero attached hydrogens (tertiary/aromatic N) is 3. The number of anilines is 2. The number of ether oxygens (including phenoxy) is 1. The summed E-state index contributed by atoms with van der Waals surface area (Å²) in [6, 6.07) is 26.5. The van der Waals surface area contributed by atoms with Gasteiger partial charge < -0.3 is 30.1 Å². The lowest BCUT2D eigenvalue weighted by Crippen LogP contribution is -2.58. The maximum absolute atomic E-state index is 14.0. The van der Waals surface area contributed by atoms with E-state index in [-0.39, 0.29) is 30.4 Å². The van der Waals surface area contributed by atoms with Crippen LogP contribution < -0.4 is 20.3 Å². The van der Waals surface area contributed by atoms with E-state index in [4.69, 9.17) is 4.74 Å². The molecule has 41 heavy (non-hydrogen) atoms. The molecule has 9 heteroatoms. The highest BCUT2D eigenvalue weighted by atomic mass is 16.5. The van der Waals surface area contributed by atoms with Crippen molar-refractivity contribution in [1.82, 2.24) is 15.1 Å². The van der Waals surface area contributed by atoms with Crippen LogP contribution in [-0.2, 0) is 9.59 Å². The van der Waals surface area contributed by atoms with E-state index < -0.39 is 5.54 Å². The fourth-order valence-electron chi connectivity index (χ4n) is 5.73. The standard InChI is InChI=1S/C32H37N5O4/c1-3-41-28-17-11-10-16-27(28)34-31(40)35-20-18-32(19-21-35)30(39)36(23-37(32)26-14-8-5-9-15-26)22-29(38)33-24(2)25-12-6-4-7-13-25/h4-17,24H,3,18-23H2,1-2H3,(H,33,38)(H,34,40). The second-order valence-corrected chi connectivity index (χ2v) is 10.5. The third kappa shape index (κ3) is 5.99. The minimum atomic E-state index is -0.827. The van der Waals surface area contributed by atoms with E-state index in [0.29, 0.717) is 50.6 Å². The van der Waals surface area contributed by atoms with Crippen molar-refractivity contribution in [3.05, 3.63) is 90.5 Å². The van der Waals surface area contributed by atoms with Gasteiger partial charge in [0, 0.05) is 18.8 Å². The Labute approximate surface area is 241 Å². The van der Waals surface area contributed by atoms with Crippen LogP contribution in [0, 0.1) is 0 Å². The average Bonchev–Trinajstić information content (AvgIpc) is 3.25. The van der Waals surface area contributed by atoms with E-state index in [0.717, 1.165) is 11.3 Å². The van der Waals surface area contributed by atoms with E-state index in [1.807, 2.05) is 98.8 Å². The molecule has 2 aliphatic rings. The van der Waals surface area contributed by atoms with E-state index in [1.54, 1.807) is 9.80 Å². The summed E-state index contributed by atoms with van der Waals surface area (Å²) in [6.07, 6.45) is 0.916.